The van der Waals surface area contributed by atoms with Crippen LogP contribution in [0, 0.1) is 6.92 Å². The van der Waals surface area contributed by atoms with E-state index in [1.807, 2.05) is 6.92 Å². The third-order valence-electron chi connectivity index (χ3n) is 1.84. The average molecular weight is 197 g/mol. The summed E-state index contributed by atoms with van der Waals surface area (Å²) in [6, 6.07) is 0. The van der Waals surface area contributed by atoms with Crippen molar-refractivity contribution in [3.05, 3.63) is 18.1 Å². The largest absolute Gasteiger partial charge is 0.363 e. The van der Waals surface area contributed by atoms with Gasteiger partial charge in [0.25, 0.3) is 0 Å². The number of methoxy groups -OCH3 is 2. The van der Waals surface area contributed by atoms with Crippen molar-refractivity contribution in [3.63, 3.8) is 0 Å². The number of nitrogens with one attached hydrogen (secondary N) is 1. The number of hydrogen-bond acceptors (Lipinski definition) is 5. The summed E-state index contributed by atoms with van der Waals surface area (Å²) in [6.45, 7) is 2.44. The Morgan fingerprint density at radius 3 is 2.50 bits per heavy atom. The number of aryl methyl sites for hydroxylation is 1. The van der Waals surface area contributed by atoms with Gasteiger partial charge in [0.15, 0.2) is 6.29 Å². The van der Waals surface area contributed by atoms with Crippen molar-refractivity contribution in [2.24, 2.45) is 0 Å². The molecule has 0 saturated carbocycles. The van der Waals surface area contributed by atoms with Gasteiger partial charge in [0.05, 0.1) is 12.2 Å². The smallest absolute Gasteiger partial charge is 0.173 e. The number of ether oxygens (including phenoxy) is 2. The SMILES string of the molecule is COC(CNc1nccnc1C)OC. The van der Waals surface area contributed by atoms with Crippen molar-refractivity contribution in [1.29, 1.82) is 0 Å². The van der Waals surface area contributed by atoms with Gasteiger partial charge in [-0.25, -0.2) is 4.98 Å². The van der Waals surface area contributed by atoms with E-state index in [-0.39, 0.29) is 6.29 Å². The van der Waals surface area contributed by atoms with Crippen molar-refractivity contribution >= 4 is 5.82 Å². The van der Waals surface area contributed by atoms with Crippen LogP contribution in [0.15, 0.2) is 12.4 Å². The van der Waals surface area contributed by atoms with Crippen molar-refractivity contribution in [1.82, 2.24) is 9.97 Å². The fourth-order valence-electron chi connectivity index (χ4n) is 1.02. The van der Waals surface area contributed by atoms with Crippen LogP contribution in [0.25, 0.3) is 0 Å². The van der Waals surface area contributed by atoms with E-state index in [2.05, 4.69) is 15.3 Å². The zero-order chi connectivity index (χ0) is 10.4. The first kappa shape index (κ1) is 10.9. The molecular formula is C9H15N3O2. The second kappa shape index (κ2) is 5.51. The number of hydrogen-bond donors (Lipinski definition) is 1. The van der Waals surface area contributed by atoms with E-state index in [0.29, 0.717) is 6.54 Å². The van der Waals surface area contributed by atoms with Gasteiger partial charge in [0, 0.05) is 26.6 Å². The highest BCUT2D eigenvalue weighted by Gasteiger charge is 2.05. The van der Waals surface area contributed by atoms with Crippen LogP contribution in [0.4, 0.5) is 5.82 Å². The molecule has 0 spiro atoms. The van der Waals surface area contributed by atoms with Crippen LogP contribution in [0.3, 0.4) is 0 Å². The van der Waals surface area contributed by atoms with E-state index in [4.69, 9.17) is 9.47 Å². The first-order valence-electron chi connectivity index (χ1n) is 4.35. The molecular weight excluding hydrogens is 182 g/mol. The first-order valence-corrected chi connectivity index (χ1v) is 4.35. The molecule has 1 aromatic heterocycles. The van der Waals surface area contributed by atoms with Crippen LogP contribution >= 0.6 is 0 Å². The van der Waals surface area contributed by atoms with E-state index >= 15 is 0 Å². The summed E-state index contributed by atoms with van der Waals surface area (Å²) in [7, 11) is 3.19. The fraction of sp³-hybridized carbons (Fsp3) is 0.556. The predicted octanol–water partition coefficient (Wildman–Crippen LogP) is 0.816. The number of anilines is 1. The van der Waals surface area contributed by atoms with Crippen LogP contribution < -0.4 is 5.32 Å². The molecule has 1 aromatic rings. The normalized spacial score (nSPS) is 10.6. The summed E-state index contributed by atoms with van der Waals surface area (Å²) in [5.41, 5.74) is 0.860. The Labute approximate surface area is 83.5 Å². The molecule has 0 radical (unpaired) electrons. The molecule has 0 unspecified atom stereocenters. The van der Waals surface area contributed by atoms with Crippen LogP contribution in [-0.4, -0.2) is 37.0 Å². The Hall–Kier alpha value is -1.20. The maximum absolute atomic E-state index is 5.03. The van der Waals surface area contributed by atoms with E-state index < -0.39 is 0 Å². The molecule has 0 amide bonds. The lowest BCUT2D eigenvalue weighted by Gasteiger charge is -2.14. The van der Waals surface area contributed by atoms with Crippen molar-refractivity contribution in [2.75, 3.05) is 26.1 Å². The minimum atomic E-state index is -0.267. The van der Waals surface area contributed by atoms with Gasteiger partial charge in [0.1, 0.15) is 5.82 Å². The second-order valence-electron chi connectivity index (χ2n) is 2.77. The monoisotopic (exact) mass is 197 g/mol. The third-order valence-corrected chi connectivity index (χ3v) is 1.84. The molecule has 1 N–H and O–H groups in total. The Morgan fingerprint density at radius 1 is 1.29 bits per heavy atom. The Balaban J connectivity index is 2.49. The van der Waals surface area contributed by atoms with Gasteiger partial charge in [-0.15, -0.1) is 0 Å². The Kier molecular flexibility index (Phi) is 4.28. The quantitative estimate of drug-likeness (QED) is 0.708. The molecule has 78 valence electrons. The standard InChI is InChI=1S/C9H15N3O2/c1-7-9(11-5-4-10-7)12-6-8(13-2)14-3/h4-5,8H,6H2,1-3H3,(H,11,12). The molecule has 1 rings (SSSR count). The molecule has 5 nitrogen and oxygen atoms in total. The van der Waals surface area contributed by atoms with Crippen LogP contribution in [0.5, 0.6) is 0 Å². The summed E-state index contributed by atoms with van der Waals surface area (Å²) in [6.07, 6.45) is 3.03. The van der Waals surface area contributed by atoms with Gasteiger partial charge in [-0.3, -0.25) is 4.98 Å². The van der Waals surface area contributed by atoms with Crippen LogP contribution in [0.2, 0.25) is 0 Å². The maximum Gasteiger partial charge on any atom is 0.173 e. The van der Waals surface area contributed by atoms with E-state index in [9.17, 15) is 0 Å². The van der Waals surface area contributed by atoms with Gasteiger partial charge < -0.3 is 14.8 Å². The van der Waals surface area contributed by atoms with E-state index in [0.717, 1.165) is 11.5 Å². The lowest BCUT2D eigenvalue weighted by atomic mass is 10.4. The fourth-order valence-corrected chi connectivity index (χ4v) is 1.02. The zero-order valence-electron chi connectivity index (χ0n) is 8.65. The van der Waals surface area contributed by atoms with E-state index in [1.54, 1.807) is 26.6 Å². The second-order valence-corrected chi connectivity index (χ2v) is 2.77. The van der Waals surface area contributed by atoms with Crippen molar-refractivity contribution in [2.45, 2.75) is 13.2 Å². The molecule has 0 aromatic carbocycles. The minimum Gasteiger partial charge on any atom is -0.363 e. The van der Waals surface area contributed by atoms with Crippen molar-refractivity contribution < 1.29 is 9.47 Å². The van der Waals surface area contributed by atoms with Gasteiger partial charge in [-0.1, -0.05) is 0 Å². The molecule has 0 atom stereocenters. The Morgan fingerprint density at radius 2 is 1.93 bits per heavy atom. The Bertz CT molecular complexity index is 277. The zero-order valence-corrected chi connectivity index (χ0v) is 8.65. The van der Waals surface area contributed by atoms with Gasteiger partial charge in [-0.05, 0) is 6.92 Å². The number of aromatic nitrogens is 2. The summed E-state index contributed by atoms with van der Waals surface area (Å²) in [5, 5.41) is 3.09. The molecule has 0 aliphatic heterocycles. The lowest BCUT2D eigenvalue weighted by Crippen LogP contribution is -2.24. The molecule has 0 aliphatic rings. The molecule has 0 aliphatic carbocycles. The molecule has 0 fully saturated rings. The highest BCUT2D eigenvalue weighted by molar-refractivity contribution is 5.38. The van der Waals surface area contributed by atoms with Crippen LogP contribution in [0.1, 0.15) is 5.69 Å². The summed E-state index contributed by atoms with van der Waals surface area (Å²) < 4.78 is 10.1. The van der Waals surface area contributed by atoms with Crippen molar-refractivity contribution in [3.8, 4) is 0 Å². The summed E-state index contributed by atoms with van der Waals surface area (Å²) >= 11 is 0. The van der Waals surface area contributed by atoms with Gasteiger partial charge in [0.2, 0.25) is 0 Å². The first-order chi connectivity index (χ1) is 6.77. The van der Waals surface area contributed by atoms with Gasteiger partial charge in [-0.2, -0.15) is 0 Å². The molecule has 1 heterocycles. The van der Waals surface area contributed by atoms with E-state index in [1.165, 1.54) is 0 Å². The average Bonchev–Trinajstić information content (AvgIpc) is 2.22. The highest BCUT2D eigenvalue weighted by Crippen LogP contribution is 2.06. The predicted molar refractivity (Wildman–Crippen MR) is 53.1 cm³/mol. The van der Waals surface area contributed by atoms with Crippen LogP contribution in [-0.2, 0) is 9.47 Å². The topological polar surface area (TPSA) is 56.3 Å². The molecule has 5 heteroatoms. The lowest BCUT2D eigenvalue weighted by molar-refractivity contribution is -0.0914. The molecule has 14 heavy (non-hydrogen) atoms. The molecule has 0 bridgehead atoms. The minimum absolute atomic E-state index is 0.267. The van der Waals surface area contributed by atoms with Gasteiger partial charge >= 0.3 is 0 Å². The third kappa shape index (κ3) is 2.93. The maximum atomic E-state index is 5.03. The summed E-state index contributed by atoms with van der Waals surface area (Å²) in [4.78, 5) is 8.24. The summed E-state index contributed by atoms with van der Waals surface area (Å²) in [5.74, 6) is 0.756. The number of nitrogens with zero attached hydrogens (tertiary/aromatic N) is 2. The number of rotatable bonds is 5. The molecule has 0 saturated heterocycles. The highest BCUT2D eigenvalue weighted by atomic mass is 16.7.